The summed E-state index contributed by atoms with van der Waals surface area (Å²) in [5.41, 5.74) is 3.19. The first-order valence-corrected chi connectivity index (χ1v) is 10.2. The maximum atomic E-state index is 5.89. The van der Waals surface area contributed by atoms with Gasteiger partial charge < -0.3 is 10.1 Å². The molecule has 0 fully saturated rings. The summed E-state index contributed by atoms with van der Waals surface area (Å²) in [4.78, 5) is 4.51. The van der Waals surface area contributed by atoms with Gasteiger partial charge >= 0.3 is 0 Å². The summed E-state index contributed by atoms with van der Waals surface area (Å²) < 4.78 is 6.83. The minimum absolute atomic E-state index is 0.484. The van der Waals surface area contributed by atoms with Gasteiger partial charge in [-0.15, -0.1) is 5.10 Å². The maximum absolute atomic E-state index is 5.89. The van der Waals surface area contributed by atoms with Crippen molar-refractivity contribution in [2.24, 2.45) is 0 Å². The van der Waals surface area contributed by atoms with Gasteiger partial charge in [-0.2, -0.15) is 4.98 Å². The fourth-order valence-corrected chi connectivity index (χ4v) is 3.10. The maximum Gasteiger partial charge on any atom is 0.242 e. The first-order valence-electron chi connectivity index (χ1n) is 9.04. The number of rotatable bonds is 7. The van der Waals surface area contributed by atoms with E-state index in [-0.39, 0.29) is 0 Å². The second-order valence-corrected chi connectivity index (χ2v) is 7.78. The van der Waals surface area contributed by atoms with Crippen LogP contribution >= 0.6 is 27.5 Å². The van der Waals surface area contributed by atoms with Gasteiger partial charge in [0, 0.05) is 21.6 Å². The minimum atomic E-state index is 0.484. The van der Waals surface area contributed by atoms with Crippen LogP contribution in [0.4, 0.5) is 5.95 Å². The zero-order chi connectivity index (χ0) is 20.1. The van der Waals surface area contributed by atoms with E-state index in [1.54, 1.807) is 0 Å². The molecule has 0 aliphatic heterocycles. The Kier molecular flexibility index (Phi) is 6.12. The van der Waals surface area contributed by atoms with Crippen LogP contribution in [0, 0.1) is 0 Å². The van der Waals surface area contributed by atoms with E-state index in [1.807, 2.05) is 60.7 Å². The summed E-state index contributed by atoms with van der Waals surface area (Å²) in [6.45, 7) is 1.14. The summed E-state index contributed by atoms with van der Waals surface area (Å²) in [5, 5.41) is 11.1. The zero-order valence-corrected chi connectivity index (χ0v) is 17.7. The highest BCUT2D eigenvalue weighted by atomic mass is 79.9. The van der Waals surface area contributed by atoms with Crippen LogP contribution in [-0.4, -0.2) is 15.2 Å². The summed E-state index contributed by atoms with van der Waals surface area (Å²) in [6, 6.07) is 23.5. The van der Waals surface area contributed by atoms with Crippen molar-refractivity contribution in [2.75, 3.05) is 5.32 Å². The molecule has 0 radical (unpaired) electrons. The van der Waals surface area contributed by atoms with Gasteiger partial charge in [0.2, 0.25) is 5.95 Å². The quantitative estimate of drug-likeness (QED) is 0.344. The average Bonchev–Trinajstić information content (AvgIpc) is 3.22. The normalized spacial score (nSPS) is 10.7. The molecule has 0 saturated carbocycles. The topological polar surface area (TPSA) is 62.8 Å². The Bertz CT molecular complexity index is 1060. The zero-order valence-electron chi connectivity index (χ0n) is 15.4. The van der Waals surface area contributed by atoms with E-state index in [1.165, 1.54) is 0 Å². The number of nitrogens with zero attached hydrogens (tertiary/aromatic N) is 2. The standard InChI is InChI=1S/C22H18BrClN4O/c23-18-7-3-15(4-8-18)13-25-22-26-21(27-28-22)17-5-1-16(2-6-17)14-29-20-11-9-19(24)10-12-20/h1-12H,13-14H2,(H2,25,26,27,28). The lowest BCUT2D eigenvalue weighted by molar-refractivity contribution is 0.306. The molecule has 0 aliphatic rings. The molecule has 0 aliphatic carbocycles. The third kappa shape index (κ3) is 5.37. The number of H-pyrrole nitrogens is 1. The Morgan fingerprint density at radius 1 is 0.897 bits per heavy atom. The monoisotopic (exact) mass is 468 g/mol. The van der Waals surface area contributed by atoms with Crippen LogP contribution in [-0.2, 0) is 13.2 Å². The summed E-state index contributed by atoms with van der Waals surface area (Å²) in [7, 11) is 0. The molecule has 146 valence electrons. The predicted octanol–water partition coefficient (Wildman–Crippen LogP) is 6.08. The van der Waals surface area contributed by atoms with Gasteiger partial charge in [-0.05, 0) is 47.5 Å². The van der Waals surface area contributed by atoms with Crippen LogP contribution in [0.15, 0.2) is 77.3 Å². The molecule has 3 aromatic carbocycles. The molecule has 0 amide bonds. The molecule has 2 N–H and O–H groups in total. The van der Waals surface area contributed by atoms with Crippen molar-refractivity contribution < 1.29 is 4.74 Å². The molecule has 5 nitrogen and oxygen atoms in total. The molecule has 4 aromatic rings. The van der Waals surface area contributed by atoms with Gasteiger partial charge in [0.15, 0.2) is 5.82 Å². The van der Waals surface area contributed by atoms with Crippen molar-refractivity contribution >= 4 is 33.5 Å². The molecule has 0 saturated heterocycles. The number of halogens is 2. The molecule has 0 unspecified atom stereocenters. The highest BCUT2D eigenvalue weighted by molar-refractivity contribution is 9.10. The van der Waals surface area contributed by atoms with Gasteiger partial charge in [0.05, 0.1) is 0 Å². The summed E-state index contributed by atoms with van der Waals surface area (Å²) >= 11 is 9.32. The molecular formula is C22H18BrClN4O. The number of nitrogens with one attached hydrogen (secondary N) is 2. The molecule has 0 spiro atoms. The van der Waals surface area contributed by atoms with Gasteiger partial charge in [0.25, 0.3) is 0 Å². The van der Waals surface area contributed by atoms with E-state index in [0.29, 0.717) is 29.9 Å². The minimum Gasteiger partial charge on any atom is -0.489 e. The van der Waals surface area contributed by atoms with Crippen molar-refractivity contribution in [1.82, 2.24) is 15.2 Å². The first kappa shape index (κ1) is 19.5. The molecule has 1 aromatic heterocycles. The Balaban J connectivity index is 1.34. The van der Waals surface area contributed by atoms with Crippen molar-refractivity contribution in [3.8, 4) is 17.1 Å². The lowest BCUT2D eigenvalue weighted by Crippen LogP contribution is -2.00. The molecule has 0 atom stereocenters. The highest BCUT2D eigenvalue weighted by Crippen LogP contribution is 2.20. The van der Waals surface area contributed by atoms with E-state index in [4.69, 9.17) is 16.3 Å². The third-order valence-electron chi connectivity index (χ3n) is 4.30. The lowest BCUT2D eigenvalue weighted by Gasteiger charge is -2.06. The van der Waals surface area contributed by atoms with E-state index in [9.17, 15) is 0 Å². The Morgan fingerprint density at radius 2 is 1.59 bits per heavy atom. The smallest absolute Gasteiger partial charge is 0.242 e. The second-order valence-electron chi connectivity index (χ2n) is 6.43. The number of benzene rings is 3. The average molecular weight is 470 g/mol. The molecule has 4 rings (SSSR count). The Morgan fingerprint density at radius 3 is 2.31 bits per heavy atom. The fraction of sp³-hybridized carbons (Fsp3) is 0.0909. The van der Waals surface area contributed by atoms with Crippen LogP contribution < -0.4 is 10.1 Å². The molecule has 29 heavy (non-hydrogen) atoms. The number of aromatic amines is 1. The fourth-order valence-electron chi connectivity index (χ4n) is 2.71. The Labute approximate surface area is 182 Å². The van der Waals surface area contributed by atoms with Gasteiger partial charge in [-0.3, -0.25) is 5.10 Å². The molecule has 7 heteroatoms. The van der Waals surface area contributed by atoms with Crippen molar-refractivity contribution in [1.29, 1.82) is 0 Å². The summed E-state index contributed by atoms with van der Waals surface area (Å²) in [5.74, 6) is 2.07. The van der Waals surface area contributed by atoms with Crippen LogP contribution in [0.5, 0.6) is 5.75 Å². The van der Waals surface area contributed by atoms with Crippen molar-refractivity contribution in [2.45, 2.75) is 13.2 Å². The van der Waals surface area contributed by atoms with Crippen LogP contribution in [0.2, 0.25) is 5.02 Å². The van der Waals surface area contributed by atoms with Gasteiger partial charge in [-0.25, -0.2) is 0 Å². The van der Waals surface area contributed by atoms with Gasteiger partial charge in [-0.1, -0.05) is 63.9 Å². The number of ether oxygens (including phenoxy) is 1. The van der Waals surface area contributed by atoms with E-state index >= 15 is 0 Å². The van der Waals surface area contributed by atoms with Crippen molar-refractivity contribution in [3.63, 3.8) is 0 Å². The third-order valence-corrected chi connectivity index (χ3v) is 5.08. The second kappa shape index (κ2) is 9.11. The predicted molar refractivity (Wildman–Crippen MR) is 119 cm³/mol. The number of aromatic nitrogens is 3. The lowest BCUT2D eigenvalue weighted by atomic mass is 10.1. The largest absolute Gasteiger partial charge is 0.489 e. The van der Waals surface area contributed by atoms with Gasteiger partial charge in [0.1, 0.15) is 12.4 Å². The molecule has 0 bridgehead atoms. The number of hydrogen-bond acceptors (Lipinski definition) is 4. The molecular weight excluding hydrogens is 452 g/mol. The van der Waals surface area contributed by atoms with Crippen LogP contribution in [0.25, 0.3) is 11.4 Å². The Hall–Kier alpha value is -2.83. The highest BCUT2D eigenvalue weighted by Gasteiger charge is 2.06. The SMILES string of the molecule is Clc1ccc(OCc2ccc(-c3nc(NCc4ccc(Br)cc4)n[nH]3)cc2)cc1. The number of hydrogen-bond donors (Lipinski definition) is 2. The van der Waals surface area contributed by atoms with E-state index in [2.05, 4.69) is 48.6 Å². The van der Waals surface area contributed by atoms with Crippen molar-refractivity contribution in [3.05, 3.63) is 93.4 Å². The van der Waals surface area contributed by atoms with E-state index < -0.39 is 0 Å². The summed E-state index contributed by atoms with van der Waals surface area (Å²) in [6.07, 6.45) is 0. The van der Waals surface area contributed by atoms with E-state index in [0.717, 1.165) is 26.9 Å². The molecule has 1 heterocycles. The van der Waals surface area contributed by atoms with Crippen LogP contribution in [0.3, 0.4) is 0 Å². The first-order chi connectivity index (χ1) is 14.2. The van der Waals surface area contributed by atoms with Crippen LogP contribution in [0.1, 0.15) is 11.1 Å². The number of anilines is 1.